The van der Waals surface area contributed by atoms with Gasteiger partial charge in [-0.15, -0.1) is 0 Å². The van der Waals surface area contributed by atoms with Crippen molar-refractivity contribution in [1.82, 2.24) is 9.38 Å². The van der Waals surface area contributed by atoms with E-state index in [1.807, 2.05) is 49.5 Å². The van der Waals surface area contributed by atoms with Gasteiger partial charge in [-0.3, -0.25) is 9.20 Å². The van der Waals surface area contributed by atoms with Crippen LogP contribution in [0, 0.1) is 6.92 Å². The Morgan fingerprint density at radius 3 is 2.64 bits per heavy atom. The van der Waals surface area contributed by atoms with Crippen LogP contribution in [-0.4, -0.2) is 9.38 Å². The number of rotatable bonds is 1. The highest BCUT2D eigenvalue weighted by Gasteiger charge is 2.21. The van der Waals surface area contributed by atoms with Crippen LogP contribution in [0.2, 0.25) is 10.0 Å². The Hall–Kier alpha value is -2.10. The Bertz CT molecular complexity index is 1060. The summed E-state index contributed by atoms with van der Waals surface area (Å²) in [6, 6.07) is 9.29. The van der Waals surface area contributed by atoms with Crippen molar-refractivity contribution in [3.05, 3.63) is 79.3 Å². The molecule has 2 heterocycles. The summed E-state index contributed by atoms with van der Waals surface area (Å²) in [5.41, 5.74) is 5.04. The summed E-state index contributed by atoms with van der Waals surface area (Å²) in [7, 11) is 0. The van der Waals surface area contributed by atoms with Crippen LogP contribution in [0.1, 0.15) is 35.2 Å². The molecule has 0 radical (unpaired) electrons. The number of nitrogens with zero attached hydrogens (tertiary/aromatic N) is 2. The first kappa shape index (κ1) is 16.4. The lowest BCUT2D eigenvalue weighted by atomic mass is 9.90. The summed E-state index contributed by atoms with van der Waals surface area (Å²) in [6.45, 7) is 1.97. The van der Waals surface area contributed by atoms with Crippen molar-refractivity contribution in [1.29, 1.82) is 0 Å². The van der Waals surface area contributed by atoms with Gasteiger partial charge in [0.15, 0.2) is 0 Å². The Morgan fingerprint density at radius 1 is 1.12 bits per heavy atom. The molecule has 4 rings (SSSR count). The second-order valence-corrected chi connectivity index (χ2v) is 7.15. The fourth-order valence-electron chi connectivity index (χ4n) is 3.31. The Balaban J connectivity index is 1.96. The molecule has 126 valence electrons. The number of pyridine rings is 1. The third-order valence-corrected chi connectivity index (χ3v) is 5.22. The van der Waals surface area contributed by atoms with E-state index in [9.17, 15) is 4.79 Å². The topological polar surface area (TPSA) is 34.4 Å². The van der Waals surface area contributed by atoms with E-state index in [0.29, 0.717) is 15.7 Å². The van der Waals surface area contributed by atoms with Crippen molar-refractivity contribution in [3.8, 4) is 0 Å². The highest BCUT2D eigenvalue weighted by atomic mass is 35.5. The molecule has 0 fully saturated rings. The molecule has 0 bridgehead atoms. The van der Waals surface area contributed by atoms with E-state index in [4.69, 9.17) is 28.2 Å². The minimum atomic E-state index is 0.0135. The summed E-state index contributed by atoms with van der Waals surface area (Å²) >= 11 is 12.6. The number of aryl methyl sites for hydroxylation is 1. The van der Waals surface area contributed by atoms with Gasteiger partial charge >= 0.3 is 0 Å². The van der Waals surface area contributed by atoms with Gasteiger partial charge in [-0.25, -0.2) is 4.98 Å². The van der Waals surface area contributed by atoms with Gasteiger partial charge in [-0.05, 0) is 61.6 Å². The predicted octanol–water partition coefficient (Wildman–Crippen LogP) is 5.19. The maximum atomic E-state index is 12.9. The van der Waals surface area contributed by atoms with Crippen LogP contribution in [0.5, 0.6) is 0 Å². The van der Waals surface area contributed by atoms with Crippen LogP contribution in [0.25, 0.3) is 17.3 Å². The molecule has 1 aromatic carbocycles. The van der Waals surface area contributed by atoms with E-state index < -0.39 is 0 Å². The molecule has 0 atom stereocenters. The van der Waals surface area contributed by atoms with Gasteiger partial charge in [0.05, 0.1) is 5.69 Å². The fraction of sp³-hybridized carbons (Fsp3) is 0.200. The van der Waals surface area contributed by atoms with E-state index in [-0.39, 0.29) is 5.56 Å². The van der Waals surface area contributed by atoms with E-state index in [1.165, 1.54) is 0 Å². The number of hydrogen-bond donors (Lipinski definition) is 0. The molecule has 25 heavy (non-hydrogen) atoms. The second kappa shape index (κ2) is 6.32. The van der Waals surface area contributed by atoms with Gasteiger partial charge < -0.3 is 0 Å². The van der Waals surface area contributed by atoms with Crippen LogP contribution in [-0.2, 0) is 6.42 Å². The van der Waals surface area contributed by atoms with Gasteiger partial charge in [0.25, 0.3) is 5.56 Å². The molecule has 0 unspecified atom stereocenters. The maximum absolute atomic E-state index is 12.9. The highest BCUT2D eigenvalue weighted by molar-refractivity contribution is 6.37. The number of halogens is 2. The van der Waals surface area contributed by atoms with E-state index in [1.54, 1.807) is 4.40 Å². The van der Waals surface area contributed by atoms with Gasteiger partial charge in [0.2, 0.25) is 0 Å². The second-order valence-electron chi connectivity index (χ2n) is 6.34. The first-order valence-corrected chi connectivity index (χ1v) is 8.97. The zero-order chi connectivity index (χ0) is 17.6. The Kier molecular flexibility index (Phi) is 4.14. The van der Waals surface area contributed by atoms with Gasteiger partial charge in [0.1, 0.15) is 5.65 Å². The average molecular weight is 371 g/mol. The minimum Gasteiger partial charge on any atom is -0.269 e. The molecular formula is C20H16Cl2N2O. The number of fused-ring (bicyclic) bond motifs is 2. The normalized spacial score (nSPS) is 15.6. The van der Waals surface area contributed by atoms with Crippen LogP contribution >= 0.6 is 23.2 Å². The molecule has 0 N–H and O–H groups in total. The molecule has 0 spiro atoms. The van der Waals surface area contributed by atoms with Crippen LogP contribution < -0.4 is 5.56 Å². The average Bonchev–Trinajstić information content (AvgIpc) is 2.59. The summed E-state index contributed by atoms with van der Waals surface area (Å²) < 4.78 is 1.64. The van der Waals surface area contributed by atoms with Gasteiger partial charge in [0, 0.05) is 27.4 Å². The zero-order valence-corrected chi connectivity index (χ0v) is 15.2. The lowest BCUT2D eigenvalue weighted by Gasteiger charge is -2.19. The third kappa shape index (κ3) is 2.88. The number of hydrogen-bond acceptors (Lipinski definition) is 2. The smallest absolute Gasteiger partial charge is 0.261 e. The lowest BCUT2D eigenvalue weighted by Crippen LogP contribution is -2.24. The summed E-state index contributed by atoms with van der Waals surface area (Å²) in [5.74, 6) is 0. The van der Waals surface area contributed by atoms with Gasteiger partial charge in [-0.1, -0.05) is 35.3 Å². The molecule has 2 aromatic heterocycles. The van der Waals surface area contributed by atoms with E-state index in [0.717, 1.165) is 47.2 Å². The monoisotopic (exact) mass is 370 g/mol. The van der Waals surface area contributed by atoms with Crippen LogP contribution in [0.15, 0.2) is 41.3 Å². The molecule has 0 saturated heterocycles. The van der Waals surface area contributed by atoms with Crippen LogP contribution in [0.4, 0.5) is 0 Å². The molecule has 3 nitrogen and oxygen atoms in total. The molecule has 0 amide bonds. The van der Waals surface area contributed by atoms with E-state index in [2.05, 4.69) is 0 Å². The van der Waals surface area contributed by atoms with Crippen molar-refractivity contribution in [2.45, 2.75) is 26.2 Å². The number of benzene rings is 1. The van der Waals surface area contributed by atoms with Gasteiger partial charge in [-0.2, -0.15) is 0 Å². The first-order valence-electron chi connectivity index (χ1n) is 8.21. The SMILES string of the molecule is Cc1ccc2nc3c(c(=O)n2c1)CCC/C3=C/c1c(Cl)cccc1Cl. The largest absolute Gasteiger partial charge is 0.269 e. The number of allylic oxidation sites excluding steroid dienone is 1. The fourth-order valence-corrected chi connectivity index (χ4v) is 3.82. The zero-order valence-electron chi connectivity index (χ0n) is 13.7. The summed E-state index contributed by atoms with van der Waals surface area (Å²) in [4.78, 5) is 17.7. The summed E-state index contributed by atoms with van der Waals surface area (Å²) in [5, 5.41) is 1.19. The summed E-state index contributed by atoms with van der Waals surface area (Å²) in [6.07, 6.45) is 6.32. The quantitative estimate of drug-likeness (QED) is 0.590. The first-order chi connectivity index (χ1) is 12.0. The van der Waals surface area contributed by atoms with Crippen molar-refractivity contribution in [3.63, 3.8) is 0 Å². The third-order valence-electron chi connectivity index (χ3n) is 4.56. The highest BCUT2D eigenvalue weighted by Crippen LogP contribution is 2.33. The van der Waals surface area contributed by atoms with Crippen molar-refractivity contribution >= 4 is 40.5 Å². The van der Waals surface area contributed by atoms with Crippen molar-refractivity contribution in [2.24, 2.45) is 0 Å². The molecule has 0 aliphatic heterocycles. The molecule has 1 aliphatic carbocycles. The predicted molar refractivity (Wildman–Crippen MR) is 103 cm³/mol. The minimum absolute atomic E-state index is 0.0135. The molecule has 0 saturated carbocycles. The Labute approximate surface area is 155 Å². The number of aromatic nitrogens is 2. The van der Waals surface area contributed by atoms with E-state index >= 15 is 0 Å². The van der Waals surface area contributed by atoms with Crippen molar-refractivity contribution in [2.75, 3.05) is 0 Å². The van der Waals surface area contributed by atoms with Crippen LogP contribution in [0.3, 0.4) is 0 Å². The standard InChI is InChI=1S/C20H16Cl2N2O/c1-12-8-9-18-23-19-13(10-15-16(21)6-3-7-17(15)22)4-2-5-14(19)20(25)24(18)11-12/h3,6-11H,2,4-5H2,1H3/b13-10-. The molecular weight excluding hydrogens is 355 g/mol. The van der Waals surface area contributed by atoms with Crippen molar-refractivity contribution < 1.29 is 0 Å². The Morgan fingerprint density at radius 2 is 1.88 bits per heavy atom. The molecule has 1 aliphatic rings. The molecule has 3 aromatic rings. The maximum Gasteiger partial charge on any atom is 0.261 e. The lowest BCUT2D eigenvalue weighted by molar-refractivity contribution is 0.786. The molecule has 5 heteroatoms.